The number of rotatable bonds is 7. The van der Waals surface area contributed by atoms with Gasteiger partial charge in [-0.1, -0.05) is 18.2 Å². The lowest BCUT2D eigenvalue weighted by atomic mass is 10.2. The van der Waals surface area contributed by atoms with Crippen LogP contribution in [0.2, 0.25) is 0 Å². The summed E-state index contributed by atoms with van der Waals surface area (Å²) in [5.74, 6) is 1.74. The highest BCUT2D eigenvalue weighted by Crippen LogP contribution is 2.22. The van der Waals surface area contributed by atoms with Gasteiger partial charge in [-0.25, -0.2) is 0 Å². The predicted octanol–water partition coefficient (Wildman–Crippen LogP) is 2.71. The van der Waals surface area contributed by atoms with Gasteiger partial charge in [0.15, 0.2) is 5.96 Å². The van der Waals surface area contributed by atoms with Crippen LogP contribution in [0.25, 0.3) is 0 Å². The largest absolute Gasteiger partial charge is 0.497 e. The zero-order valence-corrected chi connectivity index (χ0v) is 22.2. The summed E-state index contributed by atoms with van der Waals surface area (Å²) < 4.78 is 5.35. The smallest absolute Gasteiger partial charge is 0.238 e. The molecule has 2 aromatic carbocycles. The average Bonchev–Trinajstić information content (AvgIpc) is 2.79. The van der Waals surface area contributed by atoms with Crippen LogP contribution >= 0.6 is 24.0 Å². The molecule has 1 saturated heterocycles. The van der Waals surface area contributed by atoms with Gasteiger partial charge in [-0.3, -0.25) is 9.79 Å². The van der Waals surface area contributed by atoms with Crippen LogP contribution in [0.1, 0.15) is 5.56 Å². The SMILES string of the molecule is CN=C(NCc1cccc(NC(=O)CN(C)C)c1)N1CCN(c2cccc(OC)c2)CC1.I. The third kappa shape index (κ3) is 8.08. The molecular weight excluding hydrogens is 531 g/mol. The minimum atomic E-state index is -0.0233. The molecule has 0 unspecified atom stereocenters. The fourth-order valence-corrected chi connectivity index (χ4v) is 3.74. The average molecular weight is 566 g/mol. The molecule has 0 atom stereocenters. The second kappa shape index (κ2) is 13.2. The minimum absolute atomic E-state index is 0. The number of hydrogen-bond acceptors (Lipinski definition) is 5. The summed E-state index contributed by atoms with van der Waals surface area (Å²) in [6.45, 7) is 4.61. The second-order valence-corrected chi connectivity index (χ2v) is 8.06. The molecule has 8 nitrogen and oxygen atoms in total. The van der Waals surface area contributed by atoms with E-state index in [1.165, 1.54) is 5.69 Å². The van der Waals surface area contributed by atoms with Gasteiger partial charge >= 0.3 is 0 Å². The Morgan fingerprint density at radius 1 is 1.09 bits per heavy atom. The fraction of sp³-hybridized carbons (Fsp3) is 0.417. The van der Waals surface area contributed by atoms with Crippen molar-refractivity contribution in [2.45, 2.75) is 6.54 Å². The van der Waals surface area contributed by atoms with E-state index in [0.717, 1.165) is 49.1 Å². The molecule has 33 heavy (non-hydrogen) atoms. The van der Waals surface area contributed by atoms with Gasteiger partial charge in [0, 0.05) is 57.2 Å². The van der Waals surface area contributed by atoms with E-state index in [1.54, 1.807) is 7.11 Å². The van der Waals surface area contributed by atoms with Crippen LogP contribution in [0.3, 0.4) is 0 Å². The van der Waals surface area contributed by atoms with E-state index in [-0.39, 0.29) is 29.9 Å². The van der Waals surface area contributed by atoms with E-state index in [1.807, 2.05) is 62.4 Å². The summed E-state index contributed by atoms with van der Waals surface area (Å²) in [6.07, 6.45) is 0. The Balaban J connectivity index is 0.00000385. The molecule has 1 heterocycles. The number of nitrogens with zero attached hydrogens (tertiary/aromatic N) is 4. The molecule has 180 valence electrons. The molecule has 3 rings (SSSR count). The van der Waals surface area contributed by atoms with Gasteiger partial charge in [-0.2, -0.15) is 0 Å². The van der Waals surface area contributed by atoms with Crippen molar-refractivity contribution in [2.75, 3.05) is 71.2 Å². The Hall–Kier alpha value is -2.53. The molecule has 0 spiro atoms. The Labute approximate surface area is 214 Å². The number of likely N-dealkylation sites (N-methyl/N-ethyl adjacent to an activating group) is 1. The zero-order valence-electron chi connectivity index (χ0n) is 19.9. The summed E-state index contributed by atoms with van der Waals surface area (Å²) in [4.78, 5) is 23.0. The minimum Gasteiger partial charge on any atom is -0.497 e. The van der Waals surface area contributed by atoms with Crippen molar-refractivity contribution in [3.05, 3.63) is 54.1 Å². The monoisotopic (exact) mass is 566 g/mol. The number of nitrogens with one attached hydrogen (secondary N) is 2. The third-order valence-electron chi connectivity index (χ3n) is 5.33. The topological polar surface area (TPSA) is 72.4 Å². The molecule has 0 radical (unpaired) electrons. The van der Waals surface area contributed by atoms with E-state index < -0.39 is 0 Å². The highest BCUT2D eigenvalue weighted by molar-refractivity contribution is 14.0. The number of anilines is 2. The fourth-order valence-electron chi connectivity index (χ4n) is 3.74. The summed E-state index contributed by atoms with van der Waals surface area (Å²) in [7, 11) is 7.26. The molecule has 1 fully saturated rings. The Bertz CT molecular complexity index is 929. The molecule has 0 saturated carbocycles. The molecule has 9 heteroatoms. The van der Waals surface area contributed by atoms with Crippen LogP contribution in [0, 0.1) is 0 Å². The van der Waals surface area contributed by atoms with Crippen LogP contribution in [-0.4, -0.2) is 82.6 Å². The first kappa shape index (κ1) is 26.7. The highest BCUT2D eigenvalue weighted by atomic mass is 127. The van der Waals surface area contributed by atoms with Crippen molar-refractivity contribution in [3.8, 4) is 5.75 Å². The maximum absolute atomic E-state index is 12.0. The van der Waals surface area contributed by atoms with Crippen molar-refractivity contribution in [1.82, 2.24) is 15.1 Å². The number of halogens is 1. The summed E-state index contributed by atoms with van der Waals surface area (Å²) >= 11 is 0. The Kier molecular flexibility index (Phi) is 10.7. The van der Waals surface area contributed by atoms with Gasteiger partial charge in [-0.15, -0.1) is 24.0 Å². The second-order valence-electron chi connectivity index (χ2n) is 8.06. The zero-order chi connectivity index (χ0) is 22.9. The van der Waals surface area contributed by atoms with Crippen molar-refractivity contribution in [2.24, 2.45) is 4.99 Å². The van der Waals surface area contributed by atoms with E-state index in [9.17, 15) is 4.79 Å². The van der Waals surface area contributed by atoms with Crippen molar-refractivity contribution in [3.63, 3.8) is 0 Å². The standard InChI is InChI=1S/C24H34N6O2.HI/c1-25-24(26-17-19-7-5-8-20(15-19)27-23(31)18-28(2)3)30-13-11-29(12-14-30)21-9-6-10-22(16-21)32-4;/h5-10,15-16H,11-14,17-18H2,1-4H3,(H,25,26)(H,27,31);1H. The van der Waals surface area contributed by atoms with Gasteiger partial charge in [0.1, 0.15) is 5.75 Å². The van der Waals surface area contributed by atoms with Gasteiger partial charge in [0.05, 0.1) is 13.7 Å². The number of hydrogen-bond donors (Lipinski definition) is 2. The van der Waals surface area contributed by atoms with E-state index >= 15 is 0 Å². The van der Waals surface area contributed by atoms with Crippen LogP contribution in [-0.2, 0) is 11.3 Å². The van der Waals surface area contributed by atoms with E-state index in [4.69, 9.17) is 4.74 Å². The lowest BCUT2D eigenvalue weighted by molar-refractivity contribution is -0.116. The maximum Gasteiger partial charge on any atom is 0.238 e. The molecule has 0 aromatic heterocycles. The molecule has 1 amide bonds. The number of methoxy groups -OCH3 is 1. The molecular formula is C24H35IN6O2. The predicted molar refractivity (Wildman–Crippen MR) is 146 cm³/mol. The first-order valence-electron chi connectivity index (χ1n) is 10.9. The highest BCUT2D eigenvalue weighted by Gasteiger charge is 2.20. The van der Waals surface area contributed by atoms with Crippen LogP contribution in [0.5, 0.6) is 5.75 Å². The summed E-state index contributed by atoms with van der Waals surface area (Å²) in [6, 6.07) is 16.1. The summed E-state index contributed by atoms with van der Waals surface area (Å²) in [5, 5.41) is 6.40. The van der Waals surface area contributed by atoms with Crippen molar-refractivity contribution in [1.29, 1.82) is 0 Å². The number of carbonyl (C=O) groups excluding carboxylic acids is 1. The number of ether oxygens (including phenoxy) is 1. The normalized spacial score (nSPS) is 14.0. The summed E-state index contributed by atoms with van der Waals surface area (Å²) in [5.41, 5.74) is 3.07. The van der Waals surface area contributed by atoms with Gasteiger partial charge in [0.25, 0.3) is 0 Å². The van der Waals surface area contributed by atoms with Crippen molar-refractivity contribution >= 4 is 47.2 Å². The maximum atomic E-state index is 12.0. The lowest BCUT2D eigenvalue weighted by Crippen LogP contribution is -2.52. The number of aliphatic imine (C=N–C) groups is 1. The quantitative estimate of drug-likeness (QED) is 0.305. The number of piperazine rings is 1. The van der Waals surface area contributed by atoms with E-state index in [2.05, 4.69) is 37.6 Å². The van der Waals surface area contributed by atoms with Crippen LogP contribution in [0.15, 0.2) is 53.5 Å². The molecule has 2 aromatic rings. The third-order valence-corrected chi connectivity index (χ3v) is 5.33. The molecule has 0 bridgehead atoms. The molecule has 0 aliphatic carbocycles. The Morgan fingerprint density at radius 2 is 1.82 bits per heavy atom. The first-order chi connectivity index (χ1) is 15.5. The first-order valence-corrected chi connectivity index (χ1v) is 10.9. The number of benzene rings is 2. The van der Waals surface area contributed by atoms with Gasteiger partial charge < -0.3 is 30.1 Å². The van der Waals surface area contributed by atoms with Crippen LogP contribution in [0.4, 0.5) is 11.4 Å². The Morgan fingerprint density at radius 3 is 2.48 bits per heavy atom. The number of amides is 1. The molecule has 2 N–H and O–H groups in total. The molecule has 1 aliphatic heterocycles. The molecule has 1 aliphatic rings. The number of carbonyl (C=O) groups is 1. The van der Waals surface area contributed by atoms with Gasteiger partial charge in [-0.05, 0) is 43.9 Å². The van der Waals surface area contributed by atoms with Crippen LogP contribution < -0.4 is 20.3 Å². The lowest BCUT2D eigenvalue weighted by Gasteiger charge is -2.37. The van der Waals surface area contributed by atoms with E-state index in [0.29, 0.717) is 13.1 Å². The van der Waals surface area contributed by atoms with Crippen molar-refractivity contribution < 1.29 is 9.53 Å². The number of guanidine groups is 1. The van der Waals surface area contributed by atoms with Gasteiger partial charge in [0.2, 0.25) is 5.91 Å².